The van der Waals surface area contributed by atoms with Crippen LogP contribution in [-0.2, 0) is 9.59 Å². The van der Waals surface area contributed by atoms with Crippen LogP contribution in [0.3, 0.4) is 0 Å². The molecule has 1 saturated heterocycles. The maximum absolute atomic E-state index is 12.1. The van der Waals surface area contributed by atoms with Gasteiger partial charge in [0.15, 0.2) is 0 Å². The summed E-state index contributed by atoms with van der Waals surface area (Å²) >= 11 is 0. The zero-order valence-corrected chi connectivity index (χ0v) is 13.4. The minimum absolute atomic E-state index is 0. The predicted molar refractivity (Wildman–Crippen MR) is 86.3 cm³/mol. The molecule has 1 aromatic carbocycles. The minimum atomic E-state index is -0.838. The molecular weight excluding hydrogens is 306 g/mol. The molecule has 1 aliphatic rings. The van der Waals surface area contributed by atoms with Crippen molar-refractivity contribution in [2.45, 2.75) is 13.3 Å². The summed E-state index contributed by atoms with van der Waals surface area (Å²) in [5, 5.41) is 8.95. The van der Waals surface area contributed by atoms with Gasteiger partial charge in [-0.1, -0.05) is 11.6 Å². The van der Waals surface area contributed by atoms with Gasteiger partial charge in [0.25, 0.3) is 0 Å². The van der Waals surface area contributed by atoms with Crippen LogP contribution in [-0.4, -0.2) is 42.1 Å². The Kier molecular flexibility index (Phi) is 6.43. The average Bonchev–Trinajstić information content (AvgIpc) is 2.95. The maximum Gasteiger partial charge on any atom is 0.308 e. The average molecular weight is 326 g/mol. The van der Waals surface area contributed by atoms with E-state index in [0.717, 1.165) is 11.1 Å². The second-order valence-electron chi connectivity index (χ2n) is 5.19. The van der Waals surface area contributed by atoms with Gasteiger partial charge in [0.2, 0.25) is 5.91 Å². The smallest absolute Gasteiger partial charge is 0.308 e. The summed E-state index contributed by atoms with van der Waals surface area (Å²) in [7, 11) is 1.59. The van der Waals surface area contributed by atoms with Crippen molar-refractivity contribution in [3.63, 3.8) is 0 Å². The Bertz CT molecular complexity index is 586. The van der Waals surface area contributed by atoms with Crippen LogP contribution in [0.2, 0.25) is 0 Å². The molecule has 0 aromatic heterocycles. The van der Waals surface area contributed by atoms with Crippen molar-refractivity contribution < 1.29 is 19.4 Å². The van der Waals surface area contributed by atoms with E-state index in [0.29, 0.717) is 18.7 Å². The molecule has 1 amide bonds. The first-order chi connectivity index (χ1) is 10.0. The number of carboxylic acids is 1. The molecule has 0 bridgehead atoms. The van der Waals surface area contributed by atoms with Gasteiger partial charge >= 0.3 is 5.97 Å². The van der Waals surface area contributed by atoms with Crippen LogP contribution in [0.5, 0.6) is 5.75 Å². The fourth-order valence-corrected chi connectivity index (χ4v) is 2.41. The van der Waals surface area contributed by atoms with E-state index in [1.807, 2.05) is 25.1 Å². The van der Waals surface area contributed by atoms with Gasteiger partial charge in [-0.05, 0) is 31.6 Å². The summed E-state index contributed by atoms with van der Waals surface area (Å²) in [6.45, 7) is 2.74. The molecule has 5 nitrogen and oxygen atoms in total. The lowest BCUT2D eigenvalue weighted by molar-refractivity contribution is -0.141. The Hall–Kier alpha value is -2.01. The second-order valence-corrected chi connectivity index (χ2v) is 5.19. The van der Waals surface area contributed by atoms with Gasteiger partial charge in [0, 0.05) is 24.7 Å². The molecule has 0 saturated carbocycles. The SMILES string of the molecule is COc1ccc(C)cc1C=CC(=O)N1CCC(C(=O)O)C1.Cl. The number of amides is 1. The van der Waals surface area contributed by atoms with Crippen molar-refractivity contribution in [3.05, 3.63) is 35.4 Å². The summed E-state index contributed by atoms with van der Waals surface area (Å²) in [5.74, 6) is -0.748. The Morgan fingerprint density at radius 1 is 1.41 bits per heavy atom. The highest BCUT2D eigenvalue weighted by molar-refractivity contribution is 5.92. The topological polar surface area (TPSA) is 66.8 Å². The van der Waals surface area contributed by atoms with Gasteiger partial charge < -0.3 is 14.7 Å². The lowest BCUT2D eigenvalue weighted by atomic mass is 10.1. The van der Waals surface area contributed by atoms with Gasteiger partial charge in [0.1, 0.15) is 5.75 Å². The molecule has 0 spiro atoms. The number of hydrogen-bond acceptors (Lipinski definition) is 3. The van der Waals surface area contributed by atoms with E-state index in [4.69, 9.17) is 9.84 Å². The third-order valence-electron chi connectivity index (χ3n) is 3.64. The number of carbonyl (C=O) groups excluding carboxylic acids is 1. The number of benzene rings is 1. The molecule has 1 unspecified atom stereocenters. The number of aliphatic carboxylic acids is 1. The minimum Gasteiger partial charge on any atom is -0.496 e. The highest BCUT2D eigenvalue weighted by atomic mass is 35.5. The quantitative estimate of drug-likeness (QED) is 0.863. The number of hydrogen-bond donors (Lipinski definition) is 1. The number of aryl methyl sites for hydroxylation is 1. The van der Waals surface area contributed by atoms with Crippen molar-refractivity contribution in [2.75, 3.05) is 20.2 Å². The van der Waals surface area contributed by atoms with Crippen LogP contribution in [0.4, 0.5) is 0 Å². The van der Waals surface area contributed by atoms with Crippen LogP contribution in [0.1, 0.15) is 17.5 Å². The molecule has 0 aliphatic carbocycles. The van der Waals surface area contributed by atoms with Crippen LogP contribution in [0.25, 0.3) is 6.08 Å². The highest BCUT2D eigenvalue weighted by Crippen LogP contribution is 2.22. The zero-order valence-electron chi connectivity index (χ0n) is 12.6. The summed E-state index contributed by atoms with van der Waals surface area (Å²) < 4.78 is 5.25. The fourth-order valence-electron chi connectivity index (χ4n) is 2.41. The molecular formula is C16H20ClNO4. The molecule has 6 heteroatoms. The van der Waals surface area contributed by atoms with E-state index in [9.17, 15) is 9.59 Å². The van der Waals surface area contributed by atoms with Crippen LogP contribution < -0.4 is 4.74 Å². The van der Waals surface area contributed by atoms with E-state index >= 15 is 0 Å². The van der Waals surface area contributed by atoms with E-state index in [-0.39, 0.29) is 24.9 Å². The van der Waals surface area contributed by atoms with E-state index in [1.54, 1.807) is 18.1 Å². The van der Waals surface area contributed by atoms with Crippen LogP contribution in [0.15, 0.2) is 24.3 Å². The van der Waals surface area contributed by atoms with Gasteiger partial charge in [0.05, 0.1) is 13.0 Å². The number of carboxylic acid groups (broad SMARTS) is 1. The zero-order chi connectivity index (χ0) is 15.4. The molecule has 120 valence electrons. The first-order valence-corrected chi connectivity index (χ1v) is 6.85. The highest BCUT2D eigenvalue weighted by Gasteiger charge is 2.29. The molecule has 1 heterocycles. The molecule has 22 heavy (non-hydrogen) atoms. The Morgan fingerprint density at radius 3 is 2.73 bits per heavy atom. The lowest BCUT2D eigenvalue weighted by Gasteiger charge is -2.13. The van der Waals surface area contributed by atoms with Crippen molar-refractivity contribution in [2.24, 2.45) is 5.92 Å². The number of methoxy groups -OCH3 is 1. The summed E-state index contributed by atoms with van der Waals surface area (Å²) in [4.78, 5) is 24.5. The Balaban J connectivity index is 0.00000242. The largest absolute Gasteiger partial charge is 0.496 e. The fraction of sp³-hybridized carbons (Fsp3) is 0.375. The standard InChI is InChI=1S/C16H19NO4.ClH/c1-11-3-5-14(21-2)12(9-11)4-6-15(18)17-8-7-13(10-17)16(19)20;/h3-6,9,13H,7-8,10H2,1-2H3,(H,19,20);1H. The van der Waals surface area contributed by atoms with Gasteiger partial charge in [-0.2, -0.15) is 0 Å². The lowest BCUT2D eigenvalue weighted by Crippen LogP contribution is -2.28. The maximum atomic E-state index is 12.1. The van der Waals surface area contributed by atoms with Gasteiger partial charge in [-0.25, -0.2) is 0 Å². The van der Waals surface area contributed by atoms with Gasteiger partial charge in [-0.3, -0.25) is 9.59 Å². The summed E-state index contributed by atoms with van der Waals surface area (Å²) in [6, 6.07) is 5.73. The first kappa shape index (κ1) is 18.0. The molecule has 1 aromatic rings. The predicted octanol–water partition coefficient (Wildman–Crippen LogP) is 2.37. The summed E-state index contributed by atoms with van der Waals surface area (Å²) in [6.07, 6.45) is 3.70. The van der Waals surface area contributed by atoms with Crippen molar-refractivity contribution >= 4 is 30.4 Å². The normalized spacial score (nSPS) is 17.4. The molecule has 1 fully saturated rings. The van der Waals surface area contributed by atoms with Gasteiger partial charge in [-0.15, -0.1) is 12.4 Å². The number of ether oxygens (including phenoxy) is 1. The Morgan fingerprint density at radius 2 is 2.14 bits per heavy atom. The molecule has 1 N–H and O–H groups in total. The third-order valence-corrected chi connectivity index (χ3v) is 3.64. The number of halogens is 1. The van der Waals surface area contributed by atoms with E-state index < -0.39 is 11.9 Å². The number of likely N-dealkylation sites (tertiary alicyclic amines) is 1. The van der Waals surface area contributed by atoms with Crippen molar-refractivity contribution in [1.29, 1.82) is 0 Å². The van der Waals surface area contributed by atoms with Crippen molar-refractivity contribution in [3.8, 4) is 5.75 Å². The number of rotatable bonds is 4. The van der Waals surface area contributed by atoms with E-state index in [1.165, 1.54) is 6.08 Å². The number of nitrogens with zero attached hydrogens (tertiary/aromatic N) is 1. The van der Waals surface area contributed by atoms with Crippen LogP contribution in [0, 0.1) is 12.8 Å². The third kappa shape index (κ3) is 4.24. The van der Waals surface area contributed by atoms with E-state index in [2.05, 4.69) is 0 Å². The second kappa shape index (κ2) is 7.84. The molecule has 1 atom stereocenters. The van der Waals surface area contributed by atoms with Crippen molar-refractivity contribution in [1.82, 2.24) is 4.90 Å². The molecule has 2 rings (SSSR count). The molecule has 1 aliphatic heterocycles. The summed E-state index contributed by atoms with van der Waals surface area (Å²) in [5.41, 5.74) is 1.91. The number of carbonyl (C=O) groups is 2. The van der Waals surface area contributed by atoms with Crippen LogP contribution >= 0.6 is 12.4 Å². The Labute approximate surface area is 136 Å². The first-order valence-electron chi connectivity index (χ1n) is 6.85. The molecule has 0 radical (unpaired) electrons. The monoisotopic (exact) mass is 325 g/mol.